The SMILES string of the molecule is NCCC1CCC(Cl)C[C@H]1Cl. The highest BCUT2D eigenvalue weighted by atomic mass is 35.5. The number of hydrogen-bond donors (Lipinski definition) is 1. The zero-order valence-corrected chi connectivity index (χ0v) is 8.11. The Morgan fingerprint density at radius 2 is 2.00 bits per heavy atom. The molecule has 2 unspecified atom stereocenters. The summed E-state index contributed by atoms with van der Waals surface area (Å²) in [5, 5.41) is 0.557. The second-order valence-electron chi connectivity index (χ2n) is 3.26. The summed E-state index contributed by atoms with van der Waals surface area (Å²) < 4.78 is 0. The zero-order valence-electron chi connectivity index (χ0n) is 6.60. The van der Waals surface area contributed by atoms with Crippen molar-refractivity contribution in [3.63, 3.8) is 0 Å². The largest absolute Gasteiger partial charge is 0.330 e. The molecular weight excluding hydrogens is 181 g/mol. The van der Waals surface area contributed by atoms with Crippen LogP contribution < -0.4 is 5.73 Å². The predicted molar refractivity (Wildman–Crippen MR) is 50.3 cm³/mol. The lowest BCUT2D eigenvalue weighted by Crippen LogP contribution is -2.27. The first-order valence-corrected chi connectivity index (χ1v) is 5.09. The molecule has 3 heteroatoms. The minimum Gasteiger partial charge on any atom is -0.330 e. The number of nitrogens with two attached hydrogens (primary N) is 1. The van der Waals surface area contributed by atoms with Gasteiger partial charge in [-0.1, -0.05) is 0 Å². The van der Waals surface area contributed by atoms with Crippen LogP contribution in [-0.4, -0.2) is 17.3 Å². The van der Waals surface area contributed by atoms with Gasteiger partial charge in [0.1, 0.15) is 0 Å². The molecule has 0 bridgehead atoms. The lowest BCUT2D eigenvalue weighted by molar-refractivity contribution is 0.353. The first-order chi connectivity index (χ1) is 5.24. The van der Waals surface area contributed by atoms with Gasteiger partial charge in [-0.05, 0) is 38.1 Å². The van der Waals surface area contributed by atoms with Crippen LogP contribution in [0.1, 0.15) is 25.7 Å². The van der Waals surface area contributed by atoms with E-state index in [1.807, 2.05) is 0 Å². The van der Waals surface area contributed by atoms with E-state index in [4.69, 9.17) is 28.9 Å². The van der Waals surface area contributed by atoms with Crippen LogP contribution in [0.3, 0.4) is 0 Å². The molecule has 1 rings (SSSR count). The molecule has 0 heterocycles. The molecule has 2 N–H and O–H groups in total. The molecule has 0 spiro atoms. The van der Waals surface area contributed by atoms with Crippen molar-refractivity contribution < 1.29 is 0 Å². The van der Waals surface area contributed by atoms with Crippen LogP contribution in [0.4, 0.5) is 0 Å². The van der Waals surface area contributed by atoms with E-state index in [2.05, 4.69) is 0 Å². The molecule has 1 saturated carbocycles. The number of hydrogen-bond acceptors (Lipinski definition) is 1. The van der Waals surface area contributed by atoms with Gasteiger partial charge in [0.05, 0.1) is 0 Å². The number of rotatable bonds is 2. The van der Waals surface area contributed by atoms with Crippen molar-refractivity contribution in [2.45, 2.75) is 36.4 Å². The van der Waals surface area contributed by atoms with Gasteiger partial charge in [-0.2, -0.15) is 0 Å². The molecule has 0 radical (unpaired) electrons. The average molecular weight is 196 g/mol. The Labute approximate surface area is 78.2 Å². The molecular formula is C8H15Cl2N. The fourth-order valence-corrected chi connectivity index (χ4v) is 2.55. The van der Waals surface area contributed by atoms with Crippen molar-refractivity contribution in [2.75, 3.05) is 6.54 Å². The Kier molecular flexibility index (Phi) is 3.97. The highest BCUT2D eigenvalue weighted by Gasteiger charge is 2.27. The van der Waals surface area contributed by atoms with Crippen LogP contribution in [0.15, 0.2) is 0 Å². The Hall–Kier alpha value is 0.540. The summed E-state index contributed by atoms with van der Waals surface area (Å²) >= 11 is 12.1. The normalized spacial score (nSPS) is 39.0. The Balaban J connectivity index is 2.31. The Morgan fingerprint density at radius 3 is 2.55 bits per heavy atom. The molecule has 3 atom stereocenters. The van der Waals surface area contributed by atoms with E-state index in [0.717, 1.165) is 32.2 Å². The summed E-state index contributed by atoms with van der Waals surface area (Å²) in [7, 11) is 0. The summed E-state index contributed by atoms with van der Waals surface area (Å²) in [5.41, 5.74) is 5.46. The van der Waals surface area contributed by atoms with Gasteiger partial charge >= 0.3 is 0 Å². The lowest BCUT2D eigenvalue weighted by atomic mass is 9.86. The summed E-state index contributed by atoms with van der Waals surface area (Å²) in [6.07, 6.45) is 4.26. The van der Waals surface area contributed by atoms with E-state index in [0.29, 0.717) is 11.3 Å². The van der Waals surface area contributed by atoms with E-state index >= 15 is 0 Å². The molecule has 0 saturated heterocycles. The Bertz CT molecular complexity index is 119. The highest BCUT2D eigenvalue weighted by Crippen LogP contribution is 2.33. The van der Waals surface area contributed by atoms with Crippen LogP contribution >= 0.6 is 23.2 Å². The maximum Gasteiger partial charge on any atom is 0.0378 e. The van der Waals surface area contributed by atoms with E-state index < -0.39 is 0 Å². The molecule has 66 valence electrons. The molecule has 0 aromatic carbocycles. The lowest BCUT2D eigenvalue weighted by Gasteiger charge is -2.29. The third kappa shape index (κ3) is 2.81. The monoisotopic (exact) mass is 195 g/mol. The topological polar surface area (TPSA) is 26.0 Å². The van der Waals surface area contributed by atoms with Crippen molar-refractivity contribution >= 4 is 23.2 Å². The van der Waals surface area contributed by atoms with Gasteiger partial charge in [-0.25, -0.2) is 0 Å². The van der Waals surface area contributed by atoms with Crippen molar-refractivity contribution in [1.82, 2.24) is 0 Å². The smallest absolute Gasteiger partial charge is 0.0378 e. The van der Waals surface area contributed by atoms with Gasteiger partial charge in [0, 0.05) is 10.8 Å². The second kappa shape index (κ2) is 4.54. The molecule has 1 aliphatic carbocycles. The van der Waals surface area contributed by atoms with Crippen molar-refractivity contribution in [3.05, 3.63) is 0 Å². The van der Waals surface area contributed by atoms with E-state index in [-0.39, 0.29) is 5.38 Å². The van der Waals surface area contributed by atoms with Crippen LogP contribution in [0.25, 0.3) is 0 Å². The van der Waals surface area contributed by atoms with E-state index in [1.165, 1.54) is 0 Å². The number of alkyl halides is 2. The molecule has 0 aromatic heterocycles. The minimum absolute atomic E-state index is 0.259. The summed E-state index contributed by atoms with van der Waals surface area (Å²) in [4.78, 5) is 0. The Morgan fingerprint density at radius 1 is 1.27 bits per heavy atom. The van der Waals surface area contributed by atoms with Gasteiger partial charge in [0.15, 0.2) is 0 Å². The van der Waals surface area contributed by atoms with Crippen molar-refractivity contribution in [1.29, 1.82) is 0 Å². The van der Waals surface area contributed by atoms with Crippen LogP contribution in [0.2, 0.25) is 0 Å². The zero-order chi connectivity index (χ0) is 8.27. The molecule has 0 amide bonds. The fraction of sp³-hybridized carbons (Fsp3) is 1.00. The molecule has 1 fully saturated rings. The summed E-state index contributed by atoms with van der Waals surface area (Å²) in [6, 6.07) is 0. The maximum atomic E-state index is 6.12. The first kappa shape index (κ1) is 9.63. The summed E-state index contributed by atoms with van der Waals surface area (Å²) in [6.45, 7) is 0.751. The van der Waals surface area contributed by atoms with Gasteiger partial charge in [-0.15, -0.1) is 23.2 Å². The third-order valence-corrected chi connectivity index (χ3v) is 3.31. The molecule has 11 heavy (non-hydrogen) atoms. The highest BCUT2D eigenvalue weighted by molar-refractivity contribution is 6.23. The maximum absolute atomic E-state index is 6.12. The third-order valence-electron chi connectivity index (χ3n) is 2.38. The van der Waals surface area contributed by atoms with Crippen molar-refractivity contribution in [3.8, 4) is 0 Å². The van der Waals surface area contributed by atoms with Crippen LogP contribution in [0.5, 0.6) is 0 Å². The standard InChI is InChI=1S/C8H15Cl2N/c9-7-2-1-6(3-4-11)8(10)5-7/h6-8H,1-5,11H2/t6?,7?,8-/m1/s1. The molecule has 1 aliphatic rings. The molecule has 0 aliphatic heterocycles. The number of halogens is 2. The van der Waals surface area contributed by atoms with Gasteiger partial charge < -0.3 is 5.73 Å². The average Bonchev–Trinajstić information content (AvgIpc) is 1.95. The second-order valence-corrected chi connectivity index (χ2v) is 4.44. The predicted octanol–water partition coefficient (Wildman–Crippen LogP) is 2.35. The van der Waals surface area contributed by atoms with Gasteiger partial charge in [0.25, 0.3) is 0 Å². The van der Waals surface area contributed by atoms with Crippen LogP contribution in [-0.2, 0) is 0 Å². The molecule has 0 aromatic rings. The fourth-order valence-electron chi connectivity index (χ4n) is 1.67. The molecule has 1 nitrogen and oxygen atoms in total. The quantitative estimate of drug-likeness (QED) is 0.674. The van der Waals surface area contributed by atoms with Crippen molar-refractivity contribution in [2.24, 2.45) is 11.7 Å². The van der Waals surface area contributed by atoms with E-state index in [9.17, 15) is 0 Å². The minimum atomic E-state index is 0.259. The van der Waals surface area contributed by atoms with Gasteiger partial charge in [-0.3, -0.25) is 0 Å². The van der Waals surface area contributed by atoms with Crippen LogP contribution in [0, 0.1) is 5.92 Å². The summed E-state index contributed by atoms with van der Waals surface area (Å²) in [5.74, 6) is 0.608. The first-order valence-electron chi connectivity index (χ1n) is 4.22. The van der Waals surface area contributed by atoms with Gasteiger partial charge in [0.2, 0.25) is 0 Å². The van der Waals surface area contributed by atoms with E-state index in [1.54, 1.807) is 0 Å².